The van der Waals surface area contributed by atoms with Gasteiger partial charge in [-0.3, -0.25) is 0 Å². The van der Waals surface area contributed by atoms with Crippen LogP contribution in [0.25, 0.3) is 98.9 Å². The molecule has 0 aliphatic rings. The summed E-state index contributed by atoms with van der Waals surface area (Å²) in [5, 5.41) is 9.08. The summed E-state index contributed by atoms with van der Waals surface area (Å²) in [4.78, 5) is 0. The van der Waals surface area contributed by atoms with Crippen molar-refractivity contribution in [2.24, 2.45) is 0 Å². The molecule has 0 radical (unpaired) electrons. The van der Waals surface area contributed by atoms with E-state index in [1.54, 1.807) is 0 Å². The molecule has 14 aromatic rings. The van der Waals surface area contributed by atoms with E-state index in [9.17, 15) is 0 Å². The molecular formula is C64H46GeN2O2. The number of nitrogens with zero attached hydrogens (tertiary/aromatic N) is 2. The van der Waals surface area contributed by atoms with Crippen molar-refractivity contribution in [1.29, 1.82) is 0 Å². The standard InChI is InChI=1S/C60H38GeN2O2.C4H8/c1-4-17-39(18-5-1)61(40-19-6-2-7-20-40,41-21-8-3-9-22-41)42-31-33-47-48-26-16-29-55(59(48)65-57(47)37-42)63-53-35-32-43(62-51-27-13-10-23-44(51)45-24-11-14-28-52(45)62)38-50(53)58-54(63)36-34-49-46-25-12-15-30-56(46)64-60(49)58;1-3-4-2/h1-38H;3-4H,1-2H3/b;4-3-. The van der Waals surface area contributed by atoms with Gasteiger partial charge in [0.1, 0.15) is 0 Å². The third-order valence-electron chi connectivity index (χ3n) is 14.2. The van der Waals surface area contributed by atoms with Crippen molar-refractivity contribution in [3.63, 3.8) is 0 Å². The quantitative estimate of drug-likeness (QED) is 0.123. The summed E-state index contributed by atoms with van der Waals surface area (Å²) in [6.07, 6.45) is 4.00. The van der Waals surface area contributed by atoms with E-state index in [0.717, 1.165) is 77.1 Å². The van der Waals surface area contributed by atoms with Crippen molar-refractivity contribution in [2.75, 3.05) is 0 Å². The first-order valence-electron chi connectivity index (χ1n) is 23.7. The van der Waals surface area contributed by atoms with Crippen LogP contribution in [0.15, 0.2) is 252 Å². The van der Waals surface area contributed by atoms with Crippen LogP contribution in [0.3, 0.4) is 0 Å². The molecule has 5 heteroatoms. The summed E-state index contributed by atoms with van der Waals surface area (Å²) in [5.74, 6) is 0. The molecule has 0 spiro atoms. The maximum atomic E-state index is 7.24. The summed E-state index contributed by atoms with van der Waals surface area (Å²) in [6.45, 7) is 4.00. The monoisotopic (exact) mass is 948 g/mol. The van der Waals surface area contributed by atoms with E-state index < -0.39 is 13.3 Å². The van der Waals surface area contributed by atoms with Crippen LogP contribution in [0, 0.1) is 0 Å². The number of fused-ring (bicyclic) bond motifs is 13. The van der Waals surface area contributed by atoms with E-state index in [-0.39, 0.29) is 0 Å². The van der Waals surface area contributed by atoms with Crippen LogP contribution < -0.4 is 17.6 Å². The zero-order valence-electron chi connectivity index (χ0n) is 38.3. The average molecular weight is 948 g/mol. The van der Waals surface area contributed by atoms with Crippen LogP contribution in [0.5, 0.6) is 0 Å². The van der Waals surface area contributed by atoms with Gasteiger partial charge in [-0.1, -0.05) is 66.7 Å². The van der Waals surface area contributed by atoms with Crippen molar-refractivity contribution < 1.29 is 8.83 Å². The molecule has 0 aliphatic carbocycles. The van der Waals surface area contributed by atoms with Gasteiger partial charge in [-0.15, -0.1) is 0 Å². The molecule has 0 N–H and O–H groups in total. The molecule has 0 saturated carbocycles. The Kier molecular flexibility index (Phi) is 9.77. The van der Waals surface area contributed by atoms with Crippen LogP contribution in [0.1, 0.15) is 13.8 Å². The summed E-state index contributed by atoms with van der Waals surface area (Å²) in [7, 11) is 0. The van der Waals surface area contributed by atoms with E-state index >= 15 is 0 Å². The van der Waals surface area contributed by atoms with E-state index in [4.69, 9.17) is 8.83 Å². The van der Waals surface area contributed by atoms with Gasteiger partial charge >= 0.3 is 284 Å². The third kappa shape index (κ3) is 6.22. The molecule has 0 aliphatic heterocycles. The number of hydrogen-bond acceptors (Lipinski definition) is 2. The topological polar surface area (TPSA) is 36.1 Å². The van der Waals surface area contributed by atoms with Crippen LogP contribution in [0.4, 0.5) is 0 Å². The van der Waals surface area contributed by atoms with Gasteiger partial charge in [0.2, 0.25) is 0 Å². The molecule has 0 amide bonds. The Balaban J connectivity index is 0.00000113. The minimum absolute atomic E-state index is 0.854. The maximum absolute atomic E-state index is 7.24. The molecule has 0 fully saturated rings. The van der Waals surface area contributed by atoms with E-state index in [1.807, 2.05) is 32.1 Å². The van der Waals surface area contributed by atoms with E-state index in [1.165, 1.54) is 39.4 Å². The second kappa shape index (κ2) is 16.5. The van der Waals surface area contributed by atoms with Crippen LogP contribution in [-0.4, -0.2) is 22.4 Å². The number of benzene rings is 10. The normalized spacial score (nSPS) is 12.1. The Hall–Kier alpha value is -8.32. The third-order valence-corrected chi connectivity index (χ3v) is 24.2. The van der Waals surface area contributed by atoms with Crippen molar-refractivity contribution in [3.05, 3.63) is 243 Å². The number of furan rings is 2. The Bertz CT molecular complexity index is 4120. The summed E-state index contributed by atoms with van der Waals surface area (Å²) in [5.41, 5.74) is 10.1. The molecule has 69 heavy (non-hydrogen) atoms. The van der Waals surface area contributed by atoms with Crippen LogP contribution in [0.2, 0.25) is 0 Å². The molecule has 0 saturated heterocycles. The SMILES string of the molecule is C/C=C\C.c1cc[c]([Ge]([c]2ccccc2)([c]2ccccc2)[c]2ccc3c(c2)oc2c(-n4c5ccc(-n6c7ccccc7c7ccccc76)cc5c5c6oc7ccccc7c6ccc54)cccc23)cc1. The second-order valence-electron chi connectivity index (χ2n) is 17.8. The average Bonchev–Trinajstić information content (AvgIpc) is 4.17. The van der Waals surface area contributed by atoms with Crippen molar-refractivity contribution in [3.8, 4) is 11.4 Å². The van der Waals surface area contributed by atoms with Crippen molar-refractivity contribution >= 4 is 118 Å². The summed E-state index contributed by atoms with van der Waals surface area (Å²) < 4.78 is 24.3. The fourth-order valence-corrected chi connectivity index (χ4v) is 21.1. The minimum atomic E-state index is -3.55. The number of allylic oxidation sites excluding steroid dienone is 2. The Morgan fingerprint density at radius 1 is 0.333 bits per heavy atom. The molecule has 10 aromatic carbocycles. The molecular weight excluding hydrogens is 901 g/mol. The van der Waals surface area contributed by atoms with Gasteiger partial charge in [0.05, 0.1) is 11.0 Å². The molecule has 0 bridgehead atoms. The molecule has 4 heterocycles. The Morgan fingerprint density at radius 2 is 0.826 bits per heavy atom. The van der Waals surface area contributed by atoms with Crippen molar-refractivity contribution in [1.82, 2.24) is 9.13 Å². The zero-order valence-corrected chi connectivity index (χ0v) is 40.4. The van der Waals surface area contributed by atoms with Crippen molar-refractivity contribution in [2.45, 2.75) is 13.8 Å². The van der Waals surface area contributed by atoms with E-state index in [0.29, 0.717) is 0 Å². The summed E-state index contributed by atoms with van der Waals surface area (Å²) >= 11 is -3.55. The predicted molar refractivity (Wildman–Crippen MR) is 294 cm³/mol. The van der Waals surface area contributed by atoms with Gasteiger partial charge in [-0.25, -0.2) is 0 Å². The molecule has 0 atom stereocenters. The molecule has 4 aromatic heterocycles. The van der Waals surface area contributed by atoms with Gasteiger partial charge in [-0.05, 0) is 32.0 Å². The molecule has 0 unspecified atom stereocenters. The fraction of sp³-hybridized carbons (Fsp3) is 0.0312. The Morgan fingerprint density at radius 3 is 1.46 bits per heavy atom. The van der Waals surface area contributed by atoms with Crippen LogP contribution in [-0.2, 0) is 0 Å². The number of para-hydroxylation sites is 4. The first-order valence-corrected chi connectivity index (χ1v) is 27.9. The zero-order chi connectivity index (χ0) is 46.1. The molecule has 14 rings (SSSR count). The number of aromatic nitrogens is 2. The van der Waals surface area contributed by atoms with Gasteiger partial charge < -0.3 is 0 Å². The Labute approximate surface area is 401 Å². The summed E-state index contributed by atoms with van der Waals surface area (Å²) in [6, 6.07) is 84.2. The molecule has 4 nitrogen and oxygen atoms in total. The second-order valence-corrected chi connectivity index (χ2v) is 25.8. The predicted octanol–water partition coefficient (Wildman–Crippen LogP) is 14.6. The van der Waals surface area contributed by atoms with Gasteiger partial charge in [-0.2, -0.15) is 0 Å². The fourth-order valence-electron chi connectivity index (χ4n) is 11.1. The van der Waals surface area contributed by atoms with E-state index in [2.05, 4.69) is 234 Å². The van der Waals surface area contributed by atoms with Gasteiger partial charge in [0.25, 0.3) is 0 Å². The first-order chi connectivity index (χ1) is 34.2. The van der Waals surface area contributed by atoms with Crippen LogP contribution >= 0.6 is 0 Å². The van der Waals surface area contributed by atoms with Gasteiger partial charge in [0.15, 0.2) is 0 Å². The molecule has 328 valence electrons. The number of hydrogen-bond donors (Lipinski definition) is 0. The first kappa shape index (κ1) is 40.9. The van der Waals surface area contributed by atoms with Gasteiger partial charge in [0, 0.05) is 10.8 Å². The number of rotatable bonds is 6.